The second-order valence-corrected chi connectivity index (χ2v) is 9.61. The van der Waals surface area contributed by atoms with E-state index in [1.807, 2.05) is 5.32 Å². The van der Waals surface area contributed by atoms with Crippen LogP contribution in [0.1, 0.15) is 124 Å². The lowest BCUT2D eigenvalue weighted by Crippen LogP contribution is -3.00. The summed E-state index contributed by atoms with van der Waals surface area (Å²) in [5.41, 5.74) is 0.111. The van der Waals surface area contributed by atoms with E-state index in [1.165, 1.54) is 89.9 Å². The van der Waals surface area contributed by atoms with Crippen molar-refractivity contribution in [1.29, 1.82) is 0 Å². The second-order valence-electron chi connectivity index (χ2n) is 9.61. The molecule has 0 bridgehead atoms. The molecule has 1 amide bonds. The molecular formula is C27H50ClNO. The number of nitrogens with two attached hydrogens (primary N) is 1. The Kier molecular flexibility index (Phi) is 18.7. The lowest BCUT2D eigenvalue weighted by Gasteiger charge is -2.30. The van der Waals surface area contributed by atoms with Crippen LogP contribution < -0.4 is 17.7 Å². The standard InChI is InChI=1S/C27H49NO.ClH/c1-4-5-6-7-8-9-10-11-12-13-14-15-16-17-18-22-26(29)28-24-27(3)23-20-19-21-25(27)2;/h19-21,23,25H,4-18,22,24H2,1-3H3,(H,28,29);1H. The Balaban J connectivity index is 0.00000841. The van der Waals surface area contributed by atoms with Crippen LogP contribution in [0, 0.1) is 11.3 Å². The van der Waals surface area contributed by atoms with Crippen LogP contribution in [0.3, 0.4) is 0 Å². The van der Waals surface area contributed by atoms with Gasteiger partial charge in [0.15, 0.2) is 0 Å². The van der Waals surface area contributed by atoms with Crippen molar-refractivity contribution in [3.05, 3.63) is 24.3 Å². The molecule has 3 heteroatoms. The Hall–Kier alpha value is -0.600. The predicted molar refractivity (Wildman–Crippen MR) is 127 cm³/mol. The van der Waals surface area contributed by atoms with E-state index in [9.17, 15) is 4.79 Å². The van der Waals surface area contributed by atoms with Crippen LogP contribution in [0.15, 0.2) is 24.3 Å². The number of hydrogen-bond acceptors (Lipinski definition) is 1. The third-order valence-electron chi connectivity index (χ3n) is 6.82. The van der Waals surface area contributed by atoms with Gasteiger partial charge >= 0.3 is 5.91 Å². The number of hydrogen-bond donors (Lipinski definition) is 1. The first-order valence-corrected chi connectivity index (χ1v) is 12.8. The summed E-state index contributed by atoms with van der Waals surface area (Å²) in [5, 5.41) is 1.95. The summed E-state index contributed by atoms with van der Waals surface area (Å²) < 4.78 is 0. The maximum Gasteiger partial charge on any atom is 0.310 e. The molecule has 2 nitrogen and oxygen atoms in total. The highest BCUT2D eigenvalue weighted by Gasteiger charge is 2.31. The van der Waals surface area contributed by atoms with Gasteiger partial charge in [-0.25, -0.2) is 4.79 Å². The minimum atomic E-state index is 0. The van der Waals surface area contributed by atoms with E-state index in [-0.39, 0.29) is 17.8 Å². The number of unbranched alkanes of at least 4 members (excludes halogenated alkanes) is 14. The van der Waals surface area contributed by atoms with Crippen LogP contribution in [-0.2, 0) is 4.79 Å². The fourth-order valence-electron chi connectivity index (χ4n) is 4.24. The van der Waals surface area contributed by atoms with E-state index in [2.05, 4.69) is 45.1 Å². The van der Waals surface area contributed by atoms with Crippen molar-refractivity contribution in [1.82, 2.24) is 0 Å². The van der Waals surface area contributed by atoms with Crippen molar-refractivity contribution in [2.45, 2.75) is 124 Å². The fraction of sp³-hybridized carbons (Fsp3) is 0.815. The molecule has 0 radical (unpaired) electrons. The Labute approximate surface area is 194 Å². The summed E-state index contributed by atoms with van der Waals surface area (Å²) in [6, 6.07) is 0. The van der Waals surface area contributed by atoms with Gasteiger partial charge in [0.1, 0.15) is 0 Å². The van der Waals surface area contributed by atoms with E-state index in [0.717, 1.165) is 19.4 Å². The largest absolute Gasteiger partial charge is 1.00 e. The van der Waals surface area contributed by atoms with Gasteiger partial charge in [-0.2, -0.15) is 0 Å². The molecule has 1 aliphatic rings. The number of allylic oxidation sites excluding steroid dienone is 3. The molecule has 0 aliphatic heterocycles. The third-order valence-corrected chi connectivity index (χ3v) is 6.82. The van der Waals surface area contributed by atoms with E-state index < -0.39 is 0 Å². The van der Waals surface area contributed by atoms with E-state index in [4.69, 9.17) is 0 Å². The minimum Gasteiger partial charge on any atom is -1.00 e. The molecule has 2 unspecified atom stereocenters. The number of halogens is 1. The van der Waals surface area contributed by atoms with E-state index in [0.29, 0.717) is 11.8 Å². The van der Waals surface area contributed by atoms with Gasteiger partial charge in [-0.3, -0.25) is 5.32 Å². The van der Waals surface area contributed by atoms with Gasteiger partial charge in [0.2, 0.25) is 0 Å². The smallest absolute Gasteiger partial charge is 0.310 e. The monoisotopic (exact) mass is 439 g/mol. The summed E-state index contributed by atoms with van der Waals surface area (Å²) in [6.45, 7) is 7.66. The summed E-state index contributed by atoms with van der Waals surface area (Å²) in [4.78, 5) is 12.2. The number of carbonyl (C=O) groups excluding carboxylic acids is 1. The molecule has 0 fully saturated rings. The van der Waals surface area contributed by atoms with Crippen LogP contribution in [0.4, 0.5) is 0 Å². The Morgan fingerprint density at radius 1 is 0.800 bits per heavy atom. The van der Waals surface area contributed by atoms with Crippen LogP contribution in [0.5, 0.6) is 0 Å². The van der Waals surface area contributed by atoms with Gasteiger partial charge in [-0.05, 0) is 12.3 Å². The zero-order valence-electron chi connectivity index (χ0n) is 20.3. The molecule has 176 valence electrons. The first-order valence-electron chi connectivity index (χ1n) is 12.8. The number of amides is 1. The van der Waals surface area contributed by atoms with Crippen molar-refractivity contribution in [2.75, 3.05) is 6.54 Å². The molecule has 0 saturated heterocycles. The zero-order valence-corrected chi connectivity index (χ0v) is 21.0. The van der Waals surface area contributed by atoms with Crippen molar-refractivity contribution in [2.24, 2.45) is 11.3 Å². The first kappa shape index (κ1) is 29.4. The van der Waals surface area contributed by atoms with Crippen LogP contribution in [0.2, 0.25) is 0 Å². The van der Waals surface area contributed by atoms with Crippen molar-refractivity contribution >= 4 is 5.91 Å². The Morgan fingerprint density at radius 3 is 1.73 bits per heavy atom. The summed E-state index contributed by atoms with van der Waals surface area (Å²) in [7, 11) is 0. The van der Waals surface area contributed by atoms with E-state index >= 15 is 0 Å². The maximum atomic E-state index is 12.2. The van der Waals surface area contributed by atoms with Gasteiger partial charge < -0.3 is 12.4 Å². The molecule has 0 aromatic heterocycles. The number of quaternary nitrogens is 1. The molecule has 1 aliphatic carbocycles. The highest BCUT2D eigenvalue weighted by atomic mass is 35.5. The predicted octanol–water partition coefficient (Wildman–Crippen LogP) is 4.11. The van der Waals surface area contributed by atoms with Crippen molar-refractivity contribution in [3.63, 3.8) is 0 Å². The summed E-state index contributed by atoms with van der Waals surface area (Å²) in [5.74, 6) is 0.846. The number of rotatable bonds is 18. The normalized spacial score (nSPS) is 20.3. The molecule has 2 N–H and O–H groups in total. The van der Waals surface area contributed by atoms with Crippen molar-refractivity contribution in [3.8, 4) is 0 Å². The second kappa shape index (κ2) is 19.1. The molecule has 0 aromatic carbocycles. The van der Waals surface area contributed by atoms with Crippen LogP contribution >= 0.6 is 0 Å². The first-order chi connectivity index (χ1) is 14.1. The van der Waals surface area contributed by atoms with Gasteiger partial charge in [0.25, 0.3) is 0 Å². The molecule has 0 heterocycles. The zero-order chi connectivity index (χ0) is 21.2. The Morgan fingerprint density at radius 2 is 1.27 bits per heavy atom. The summed E-state index contributed by atoms with van der Waals surface area (Å²) >= 11 is 0. The van der Waals surface area contributed by atoms with Gasteiger partial charge in [-0.15, -0.1) is 0 Å². The fourth-order valence-corrected chi connectivity index (χ4v) is 4.24. The molecule has 0 saturated carbocycles. The molecular weight excluding hydrogens is 390 g/mol. The van der Waals surface area contributed by atoms with Crippen LogP contribution in [0.25, 0.3) is 0 Å². The average Bonchev–Trinajstić information content (AvgIpc) is 2.72. The molecule has 0 spiro atoms. The quantitative estimate of drug-likeness (QED) is 0.320. The van der Waals surface area contributed by atoms with E-state index in [1.54, 1.807) is 0 Å². The average molecular weight is 440 g/mol. The minimum absolute atomic E-state index is 0. The highest BCUT2D eigenvalue weighted by molar-refractivity contribution is 5.65. The SMILES string of the molecule is CCCCCCCCCCCCCCCCCC(=O)[NH2+]CC1(C)C=CC=CC1C.[Cl-]. The number of primary amides is 1. The molecule has 0 aromatic rings. The lowest BCUT2D eigenvalue weighted by atomic mass is 9.75. The topological polar surface area (TPSA) is 33.7 Å². The van der Waals surface area contributed by atoms with Gasteiger partial charge in [0, 0.05) is 5.41 Å². The highest BCUT2D eigenvalue weighted by Crippen LogP contribution is 2.30. The molecule has 2 atom stereocenters. The van der Waals surface area contributed by atoms with Gasteiger partial charge in [0.05, 0.1) is 13.0 Å². The van der Waals surface area contributed by atoms with Gasteiger partial charge in [-0.1, -0.05) is 135 Å². The van der Waals surface area contributed by atoms with Crippen LogP contribution in [-0.4, -0.2) is 12.5 Å². The molecule has 30 heavy (non-hydrogen) atoms. The third kappa shape index (κ3) is 14.4. The lowest BCUT2D eigenvalue weighted by molar-refractivity contribution is -0.581. The Bertz CT molecular complexity index is 473. The summed E-state index contributed by atoms with van der Waals surface area (Å²) in [6.07, 6.45) is 30.0. The van der Waals surface area contributed by atoms with Crippen molar-refractivity contribution < 1.29 is 22.5 Å². The maximum absolute atomic E-state index is 12.2. The number of carbonyl (C=O) groups is 1. The molecule has 1 rings (SSSR count).